The summed E-state index contributed by atoms with van der Waals surface area (Å²) in [6.07, 6.45) is 8.77. The van der Waals surface area contributed by atoms with Gasteiger partial charge in [0.1, 0.15) is 0 Å². The van der Waals surface area contributed by atoms with E-state index < -0.39 is 0 Å². The molecule has 0 spiro atoms. The van der Waals surface area contributed by atoms with Crippen molar-refractivity contribution >= 4 is 18.9 Å². The van der Waals surface area contributed by atoms with Gasteiger partial charge in [-0.1, -0.05) is 18.6 Å². The van der Waals surface area contributed by atoms with Crippen molar-refractivity contribution in [2.75, 3.05) is 13.2 Å². The molecule has 4 rings (SSSR count). The molecule has 3 atom stereocenters. The van der Waals surface area contributed by atoms with Crippen LogP contribution in [0.5, 0.6) is 0 Å². The summed E-state index contributed by atoms with van der Waals surface area (Å²) < 4.78 is 10.6. The summed E-state index contributed by atoms with van der Waals surface area (Å²) in [7, 11) is -0.184. The third-order valence-corrected chi connectivity index (χ3v) is 4.04. The molecule has 107 valence electrons. The van der Waals surface area contributed by atoms with Crippen LogP contribution in [0, 0.1) is 23.8 Å². The van der Waals surface area contributed by atoms with Crippen molar-refractivity contribution in [1.29, 1.82) is 0 Å². The molecule has 1 saturated heterocycles. The van der Waals surface area contributed by atoms with Gasteiger partial charge in [0.25, 0.3) is 0 Å². The topological polar surface area (TPSA) is 35.5 Å². The summed E-state index contributed by atoms with van der Waals surface area (Å²) in [5, 5.41) is 0. The molecule has 1 aromatic carbocycles. The Morgan fingerprint density at radius 3 is 2.48 bits per heavy atom. The maximum Gasteiger partial charge on any atom is 0.467 e. The number of benzene rings is 1. The van der Waals surface area contributed by atoms with E-state index in [1.165, 1.54) is 6.42 Å². The third-order valence-electron chi connectivity index (χ3n) is 4.04. The molecule has 1 aliphatic heterocycles. The maximum absolute atomic E-state index is 10.2. The van der Waals surface area contributed by atoms with Gasteiger partial charge in [-0.3, -0.25) is 6.29 Å². The minimum absolute atomic E-state index is 0. The van der Waals surface area contributed by atoms with E-state index in [0.717, 1.165) is 11.9 Å². The van der Waals surface area contributed by atoms with Crippen LogP contribution in [-0.2, 0) is 46.8 Å². The quantitative estimate of drug-likeness (QED) is 0.458. The van der Waals surface area contributed by atoms with E-state index >= 15 is 0 Å². The molecule has 1 aromatic rings. The molecule has 3 nitrogen and oxygen atoms in total. The Balaban J connectivity index is 0.000000149. The average molecular weight is 357 g/mol. The zero-order valence-corrected chi connectivity index (χ0v) is 14.7. The first kappa shape index (κ1) is 17.1. The van der Waals surface area contributed by atoms with Gasteiger partial charge in [-0.25, -0.2) is 0 Å². The number of fused-ring (bicyclic) bond motifs is 2. The first-order valence-corrected chi connectivity index (χ1v) is 7.12. The standard InChI is InChI=1S/C8H8BO2.C8H9O.Y/c1-2-4-8(5-3-1)9-10-6-7-11-9;9-5-8-4-6-1-2-7(8)3-6;/h1-4H,6-7H2;1-2,6-8H,3-4H2;/q2*-1;. The molecule has 0 N–H and O–H groups in total. The monoisotopic (exact) mass is 357 g/mol. The smallest absolute Gasteiger partial charge is 0.467 e. The van der Waals surface area contributed by atoms with Crippen LogP contribution in [-0.4, -0.2) is 26.6 Å². The summed E-state index contributed by atoms with van der Waals surface area (Å²) >= 11 is 0. The molecule has 3 unspecified atom stereocenters. The van der Waals surface area contributed by atoms with E-state index in [2.05, 4.69) is 24.5 Å². The van der Waals surface area contributed by atoms with E-state index in [9.17, 15) is 4.79 Å². The largest absolute Gasteiger partial charge is 0.541 e. The summed E-state index contributed by atoms with van der Waals surface area (Å²) in [4.78, 5) is 10.2. The predicted molar refractivity (Wildman–Crippen MR) is 77.1 cm³/mol. The van der Waals surface area contributed by atoms with E-state index in [-0.39, 0.29) is 45.7 Å². The Kier molecular flexibility index (Phi) is 6.81. The minimum Gasteiger partial charge on any atom is -0.541 e. The van der Waals surface area contributed by atoms with Crippen LogP contribution >= 0.6 is 0 Å². The van der Waals surface area contributed by atoms with E-state index in [0.29, 0.717) is 25.0 Å². The van der Waals surface area contributed by atoms with Crippen LogP contribution in [0.2, 0.25) is 0 Å². The van der Waals surface area contributed by atoms with Crippen LogP contribution in [0.3, 0.4) is 0 Å². The maximum atomic E-state index is 10.2. The SMILES string of the molecule is O=[C-]C1CC2C=CC1C2.[Y].[c-]1ccccc1B1OCCO1. The van der Waals surface area contributed by atoms with Crippen molar-refractivity contribution in [3.8, 4) is 0 Å². The van der Waals surface area contributed by atoms with Crippen molar-refractivity contribution in [3.05, 3.63) is 42.5 Å². The molecule has 1 heterocycles. The first-order chi connectivity index (χ1) is 9.86. The fraction of sp³-hybridized carbons (Fsp3) is 0.438. The second-order valence-electron chi connectivity index (χ2n) is 5.40. The zero-order chi connectivity index (χ0) is 13.8. The zero-order valence-electron chi connectivity index (χ0n) is 11.9. The Hall–Kier alpha value is -0.281. The van der Waals surface area contributed by atoms with E-state index in [1.54, 1.807) is 0 Å². The number of allylic oxidation sites excluding steroid dienone is 2. The van der Waals surface area contributed by atoms with Gasteiger partial charge in [0.05, 0.1) is 13.2 Å². The molecular formula is C16H17BO3Y-2. The van der Waals surface area contributed by atoms with Gasteiger partial charge in [-0.2, -0.15) is 30.3 Å². The summed E-state index contributed by atoms with van der Waals surface area (Å²) in [5.41, 5.74) is 0.977. The van der Waals surface area contributed by atoms with Crippen LogP contribution in [0.15, 0.2) is 36.4 Å². The third kappa shape index (κ3) is 4.35. The molecule has 0 aromatic heterocycles. The van der Waals surface area contributed by atoms with Crippen molar-refractivity contribution in [2.24, 2.45) is 17.8 Å². The van der Waals surface area contributed by atoms with Crippen molar-refractivity contribution in [1.82, 2.24) is 0 Å². The summed E-state index contributed by atoms with van der Waals surface area (Å²) in [6.45, 7) is 1.38. The molecule has 1 saturated carbocycles. The second-order valence-corrected chi connectivity index (χ2v) is 5.40. The molecule has 0 amide bonds. The Bertz CT molecular complexity index is 474. The van der Waals surface area contributed by atoms with Gasteiger partial charge in [0, 0.05) is 32.7 Å². The van der Waals surface area contributed by atoms with Crippen molar-refractivity contribution in [3.63, 3.8) is 0 Å². The van der Waals surface area contributed by atoms with Gasteiger partial charge in [0.2, 0.25) is 0 Å². The number of rotatable bonds is 2. The Morgan fingerprint density at radius 2 is 2.00 bits per heavy atom. The normalized spacial score (nSPS) is 28.8. The van der Waals surface area contributed by atoms with Crippen LogP contribution in [0.25, 0.3) is 0 Å². The number of hydrogen-bond acceptors (Lipinski definition) is 3. The van der Waals surface area contributed by atoms with Crippen LogP contribution in [0.4, 0.5) is 0 Å². The fourth-order valence-electron chi connectivity index (χ4n) is 3.01. The molecule has 2 fully saturated rings. The van der Waals surface area contributed by atoms with Crippen LogP contribution in [0.1, 0.15) is 12.8 Å². The molecule has 1 radical (unpaired) electrons. The Labute approximate surface area is 151 Å². The predicted octanol–water partition coefficient (Wildman–Crippen LogP) is 1.53. The van der Waals surface area contributed by atoms with Crippen molar-refractivity contribution < 1.29 is 46.8 Å². The molecular weight excluding hydrogens is 340 g/mol. The summed E-state index contributed by atoms with van der Waals surface area (Å²) in [5.74, 6) is 1.49. The molecule has 2 bridgehead atoms. The average Bonchev–Trinajstić information content (AvgIpc) is 3.25. The van der Waals surface area contributed by atoms with Gasteiger partial charge < -0.3 is 14.1 Å². The fourth-order valence-corrected chi connectivity index (χ4v) is 3.01. The van der Waals surface area contributed by atoms with E-state index in [1.807, 2.05) is 24.3 Å². The van der Waals surface area contributed by atoms with E-state index in [4.69, 9.17) is 9.31 Å². The number of hydrogen-bond donors (Lipinski definition) is 0. The minimum atomic E-state index is -0.184. The molecule has 21 heavy (non-hydrogen) atoms. The number of carbonyl (C=O) groups excluding carboxylic acids is 1. The molecule has 2 aliphatic carbocycles. The van der Waals surface area contributed by atoms with Gasteiger partial charge in [-0.15, -0.1) is 11.4 Å². The van der Waals surface area contributed by atoms with Gasteiger partial charge >= 0.3 is 7.12 Å². The summed E-state index contributed by atoms with van der Waals surface area (Å²) in [6, 6.07) is 10.8. The second kappa shape index (κ2) is 8.38. The first-order valence-electron chi connectivity index (χ1n) is 7.12. The van der Waals surface area contributed by atoms with Crippen LogP contribution < -0.4 is 5.46 Å². The molecule has 3 aliphatic rings. The molecule has 5 heteroatoms. The Morgan fingerprint density at radius 1 is 1.19 bits per heavy atom. The van der Waals surface area contributed by atoms with Gasteiger partial charge in [0.15, 0.2) is 0 Å². The van der Waals surface area contributed by atoms with Gasteiger partial charge in [-0.05, 0) is 18.3 Å². The van der Waals surface area contributed by atoms with Crippen molar-refractivity contribution in [2.45, 2.75) is 12.8 Å².